The van der Waals surface area contributed by atoms with Gasteiger partial charge < -0.3 is 19.5 Å². The third-order valence-electron chi connectivity index (χ3n) is 3.67. The van der Waals surface area contributed by atoms with Gasteiger partial charge in [0, 0.05) is 12.6 Å². The van der Waals surface area contributed by atoms with E-state index in [1.54, 1.807) is 13.2 Å². The Bertz CT molecular complexity index is 827. The molecule has 0 aliphatic rings. The molecule has 0 spiro atoms. The lowest BCUT2D eigenvalue weighted by molar-refractivity contribution is -0.385. The average Bonchev–Trinajstić information content (AvgIpc) is 2.66. The Kier molecular flexibility index (Phi) is 6.93. The summed E-state index contributed by atoms with van der Waals surface area (Å²) in [5, 5.41) is 13.2. The highest BCUT2D eigenvalue weighted by Crippen LogP contribution is 2.27. The van der Waals surface area contributed by atoms with Crippen LogP contribution in [0.5, 0.6) is 17.2 Å². The van der Waals surface area contributed by atoms with Crippen LogP contribution >= 0.6 is 0 Å². The summed E-state index contributed by atoms with van der Waals surface area (Å²) in [6, 6.07) is 8.41. The molecule has 0 aromatic heterocycles. The molecule has 2 aromatic rings. The molecule has 0 bridgehead atoms. The Morgan fingerprint density at radius 3 is 2.44 bits per heavy atom. The zero-order valence-corrected chi connectivity index (χ0v) is 14.9. The van der Waals surface area contributed by atoms with Crippen LogP contribution in [0.1, 0.15) is 5.56 Å². The first kappa shape index (κ1) is 20.0. The van der Waals surface area contributed by atoms with Crippen molar-refractivity contribution in [3.63, 3.8) is 0 Å². The second-order valence-corrected chi connectivity index (χ2v) is 5.45. The largest absolute Gasteiger partial charge is 0.493 e. The molecule has 0 radical (unpaired) electrons. The number of rotatable bonds is 9. The molecule has 2 aromatic carbocycles. The van der Waals surface area contributed by atoms with Gasteiger partial charge in [-0.2, -0.15) is 0 Å². The van der Waals surface area contributed by atoms with Gasteiger partial charge in [0.05, 0.1) is 25.2 Å². The van der Waals surface area contributed by atoms with Crippen molar-refractivity contribution >= 4 is 11.6 Å². The first-order chi connectivity index (χ1) is 12.9. The number of halogens is 1. The lowest BCUT2D eigenvalue weighted by Crippen LogP contribution is -2.30. The quantitative estimate of drug-likeness (QED) is 0.532. The second kappa shape index (κ2) is 9.37. The van der Waals surface area contributed by atoms with E-state index in [9.17, 15) is 19.3 Å². The SMILES string of the molecule is COc1ccc(CCNC(=O)COc2ccc([N+](=O)[O-])cc2F)cc1OC. The Labute approximate surface area is 155 Å². The number of non-ortho nitro benzene ring substituents is 1. The van der Waals surface area contributed by atoms with E-state index in [0.29, 0.717) is 24.5 Å². The van der Waals surface area contributed by atoms with E-state index >= 15 is 0 Å². The fourth-order valence-electron chi connectivity index (χ4n) is 2.30. The molecule has 0 atom stereocenters. The topological polar surface area (TPSA) is 99.9 Å². The number of nitro groups is 1. The molecule has 1 amide bonds. The molecule has 0 heterocycles. The monoisotopic (exact) mass is 378 g/mol. The first-order valence-electron chi connectivity index (χ1n) is 7.99. The van der Waals surface area contributed by atoms with Gasteiger partial charge in [0.15, 0.2) is 29.7 Å². The number of carbonyl (C=O) groups is 1. The third-order valence-corrected chi connectivity index (χ3v) is 3.67. The summed E-state index contributed by atoms with van der Waals surface area (Å²) in [4.78, 5) is 21.7. The van der Waals surface area contributed by atoms with E-state index in [0.717, 1.165) is 23.8 Å². The van der Waals surface area contributed by atoms with Gasteiger partial charge in [0.2, 0.25) is 0 Å². The van der Waals surface area contributed by atoms with E-state index in [1.165, 1.54) is 7.11 Å². The van der Waals surface area contributed by atoms with Crippen LogP contribution in [-0.2, 0) is 11.2 Å². The van der Waals surface area contributed by atoms with Crippen molar-refractivity contribution in [3.05, 3.63) is 57.9 Å². The predicted molar refractivity (Wildman–Crippen MR) is 94.8 cm³/mol. The molecule has 0 aliphatic carbocycles. The fourth-order valence-corrected chi connectivity index (χ4v) is 2.30. The zero-order chi connectivity index (χ0) is 19.8. The summed E-state index contributed by atoms with van der Waals surface area (Å²) in [7, 11) is 3.09. The van der Waals surface area contributed by atoms with E-state index in [1.807, 2.05) is 12.1 Å². The molecule has 144 valence electrons. The maximum atomic E-state index is 13.7. The fraction of sp³-hybridized carbons (Fsp3) is 0.278. The van der Waals surface area contributed by atoms with Crippen LogP contribution in [0.15, 0.2) is 36.4 Å². The Morgan fingerprint density at radius 1 is 1.11 bits per heavy atom. The highest BCUT2D eigenvalue weighted by atomic mass is 19.1. The number of ether oxygens (including phenoxy) is 3. The predicted octanol–water partition coefficient (Wildman–Crippen LogP) is 2.49. The summed E-state index contributed by atoms with van der Waals surface area (Å²) in [5.41, 5.74) is 0.550. The van der Waals surface area contributed by atoms with E-state index in [4.69, 9.17) is 14.2 Å². The third kappa shape index (κ3) is 5.56. The summed E-state index contributed by atoms with van der Waals surface area (Å²) in [5.74, 6) is -0.353. The smallest absolute Gasteiger partial charge is 0.272 e. The molecule has 0 unspecified atom stereocenters. The highest BCUT2D eigenvalue weighted by molar-refractivity contribution is 5.77. The van der Waals surface area contributed by atoms with Crippen LogP contribution in [0.2, 0.25) is 0 Å². The van der Waals surface area contributed by atoms with Crippen molar-refractivity contribution in [2.75, 3.05) is 27.4 Å². The average molecular weight is 378 g/mol. The number of nitrogens with one attached hydrogen (secondary N) is 1. The normalized spacial score (nSPS) is 10.2. The van der Waals surface area contributed by atoms with Crippen molar-refractivity contribution in [1.82, 2.24) is 5.32 Å². The van der Waals surface area contributed by atoms with Crippen molar-refractivity contribution in [2.45, 2.75) is 6.42 Å². The number of amides is 1. The van der Waals surface area contributed by atoms with Gasteiger partial charge in [0.25, 0.3) is 11.6 Å². The minimum absolute atomic E-state index is 0.226. The Morgan fingerprint density at radius 2 is 1.81 bits per heavy atom. The van der Waals surface area contributed by atoms with E-state index in [-0.39, 0.29) is 11.4 Å². The second-order valence-electron chi connectivity index (χ2n) is 5.45. The molecule has 27 heavy (non-hydrogen) atoms. The van der Waals surface area contributed by atoms with Crippen molar-refractivity contribution in [2.24, 2.45) is 0 Å². The van der Waals surface area contributed by atoms with Crippen LogP contribution in [0.25, 0.3) is 0 Å². The van der Waals surface area contributed by atoms with Crippen LogP contribution in [0.3, 0.4) is 0 Å². The molecule has 9 heteroatoms. The van der Waals surface area contributed by atoms with Gasteiger partial charge in [0.1, 0.15) is 0 Å². The molecular formula is C18H19FN2O6. The molecule has 2 rings (SSSR count). The summed E-state index contributed by atoms with van der Waals surface area (Å²) < 4.78 is 29.1. The molecule has 8 nitrogen and oxygen atoms in total. The maximum absolute atomic E-state index is 13.7. The molecule has 0 aliphatic heterocycles. The summed E-state index contributed by atoms with van der Waals surface area (Å²) in [6.45, 7) is -0.0545. The first-order valence-corrected chi connectivity index (χ1v) is 7.99. The van der Waals surface area contributed by atoms with E-state index < -0.39 is 23.3 Å². The molecule has 0 saturated heterocycles. The Hall–Kier alpha value is -3.36. The van der Waals surface area contributed by atoms with E-state index in [2.05, 4.69) is 5.32 Å². The lowest BCUT2D eigenvalue weighted by atomic mass is 10.1. The van der Waals surface area contributed by atoms with Gasteiger partial charge in [-0.25, -0.2) is 4.39 Å². The van der Waals surface area contributed by atoms with Gasteiger partial charge in [-0.15, -0.1) is 0 Å². The minimum Gasteiger partial charge on any atom is -0.493 e. The number of methoxy groups -OCH3 is 2. The standard InChI is InChI=1S/C18H19FN2O6/c1-25-16-5-3-12(9-17(16)26-2)7-8-20-18(22)11-27-15-6-4-13(21(23)24)10-14(15)19/h3-6,9-10H,7-8,11H2,1-2H3,(H,20,22). The van der Waals surface area contributed by atoms with Gasteiger partial charge in [-0.3, -0.25) is 14.9 Å². The molecule has 0 saturated carbocycles. The number of hydrogen-bond acceptors (Lipinski definition) is 6. The van der Waals surface area contributed by atoms with Crippen LogP contribution in [0, 0.1) is 15.9 Å². The highest BCUT2D eigenvalue weighted by Gasteiger charge is 2.13. The molecule has 1 N–H and O–H groups in total. The lowest BCUT2D eigenvalue weighted by Gasteiger charge is -2.10. The maximum Gasteiger partial charge on any atom is 0.272 e. The summed E-state index contributed by atoms with van der Waals surface area (Å²) in [6.07, 6.45) is 0.554. The number of carbonyl (C=O) groups excluding carboxylic acids is 1. The number of hydrogen-bond donors (Lipinski definition) is 1. The van der Waals surface area contributed by atoms with Crippen LogP contribution in [0.4, 0.5) is 10.1 Å². The van der Waals surface area contributed by atoms with Crippen molar-refractivity contribution in [3.8, 4) is 17.2 Å². The van der Waals surface area contributed by atoms with Gasteiger partial charge in [-0.05, 0) is 30.2 Å². The van der Waals surface area contributed by atoms with Crippen LogP contribution in [-0.4, -0.2) is 38.2 Å². The Balaban J connectivity index is 1.81. The number of nitro benzene ring substituents is 1. The zero-order valence-electron chi connectivity index (χ0n) is 14.9. The minimum atomic E-state index is -0.901. The van der Waals surface area contributed by atoms with Gasteiger partial charge >= 0.3 is 0 Å². The van der Waals surface area contributed by atoms with Crippen molar-refractivity contribution in [1.29, 1.82) is 0 Å². The molecule has 0 fully saturated rings. The molecular weight excluding hydrogens is 359 g/mol. The number of nitrogens with zero attached hydrogens (tertiary/aromatic N) is 1. The van der Waals surface area contributed by atoms with Gasteiger partial charge in [-0.1, -0.05) is 6.07 Å². The summed E-state index contributed by atoms with van der Waals surface area (Å²) >= 11 is 0. The number of benzene rings is 2. The van der Waals surface area contributed by atoms with Crippen molar-refractivity contribution < 1.29 is 28.3 Å². The van der Waals surface area contributed by atoms with Crippen LogP contribution < -0.4 is 19.5 Å².